The monoisotopic (exact) mass is 250 g/mol. The Balaban J connectivity index is 2.03. The molecule has 0 aromatic heterocycles. The largest absolute Gasteiger partial charge is 0.480 e. The number of hydrogen-bond donors (Lipinski definition) is 2. The summed E-state index contributed by atoms with van der Waals surface area (Å²) >= 11 is 5.24. The second kappa shape index (κ2) is 5.14. The van der Waals surface area contributed by atoms with Gasteiger partial charge in [0.2, 0.25) is 0 Å². The fraction of sp³-hybridized carbons (Fsp3) is 0.333. The van der Waals surface area contributed by atoms with Crippen LogP contribution in [0.2, 0.25) is 0 Å². The van der Waals surface area contributed by atoms with Gasteiger partial charge in [-0.25, -0.2) is 4.79 Å². The predicted octanol–water partition coefficient (Wildman–Crippen LogP) is 1.93. The van der Waals surface area contributed by atoms with Crippen LogP contribution in [0.5, 0.6) is 0 Å². The smallest absolute Gasteiger partial charge is 0.326 e. The van der Waals surface area contributed by atoms with Crippen molar-refractivity contribution in [2.45, 2.75) is 18.9 Å². The van der Waals surface area contributed by atoms with Crippen molar-refractivity contribution in [2.24, 2.45) is 0 Å². The van der Waals surface area contributed by atoms with Crippen molar-refractivity contribution in [1.82, 2.24) is 4.90 Å². The first kappa shape index (κ1) is 11.9. The first-order valence-electron chi connectivity index (χ1n) is 5.54. The number of nitrogens with zero attached hydrogens (tertiary/aromatic N) is 1. The molecule has 1 aromatic rings. The zero-order valence-corrected chi connectivity index (χ0v) is 10.1. The second-order valence-corrected chi connectivity index (χ2v) is 4.37. The molecule has 1 aliphatic rings. The molecule has 5 heteroatoms. The van der Waals surface area contributed by atoms with Crippen LogP contribution in [0.1, 0.15) is 12.8 Å². The molecule has 90 valence electrons. The average molecular weight is 250 g/mol. The summed E-state index contributed by atoms with van der Waals surface area (Å²) in [6.45, 7) is 0.704. The molecule has 1 heterocycles. The van der Waals surface area contributed by atoms with Crippen LogP contribution >= 0.6 is 12.2 Å². The van der Waals surface area contributed by atoms with Crippen LogP contribution in [0.15, 0.2) is 30.3 Å². The molecule has 1 aromatic carbocycles. The number of carboxylic acid groups (broad SMARTS) is 1. The maximum absolute atomic E-state index is 11.0. The van der Waals surface area contributed by atoms with Gasteiger partial charge in [-0.2, -0.15) is 0 Å². The number of anilines is 1. The number of rotatable bonds is 2. The summed E-state index contributed by atoms with van der Waals surface area (Å²) in [5, 5.41) is 12.6. The topological polar surface area (TPSA) is 52.6 Å². The molecule has 4 nitrogen and oxygen atoms in total. The molecule has 0 amide bonds. The minimum atomic E-state index is -0.806. The number of carboxylic acids is 1. The first-order chi connectivity index (χ1) is 8.18. The van der Waals surface area contributed by atoms with E-state index in [1.165, 1.54) is 0 Å². The van der Waals surface area contributed by atoms with Crippen LogP contribution in [0.3, 0.4) is 0 Å². The molecule has 0 bridgehead atoms. The van der Waals surface area contributed by atoms with E-state index in [2.05, 4.69) is 5.32 Å². The van der Waals surface area contributed by atoms with Crippen molar-refractivity contribution >= 4 is 29.0 Å². The van der Waals surface area contributed by atoms with E-state index < -0.39 is 12.0 Å². The molecular formula is C12H14N2O2S. The fourth-order valence-electron chi connectivity index (χ4n) is 1.98. The standard InChI is InChI=1S/C12H14N2O2S/c15-11(16)10-7-4-8-14(10)12(17)13-9-5-2-1-3-6-9/h1-3,5-6,10H,4,7-8H2,(H,13,17)(H,15,16). The van der Waals surface area contributed by atoms with Crippen LogP contribution in [0.25, 0.3) is 0 Å². The molecule has 1 fully saturated rings. The number of nitrogens with one attached hydrogen (secondary N) is 1. The SMILES string of the molecule is O=C(O)C1CCCN1C(=S)Nc1ccccc1. The molecule has 0 aliphatic carbocycles. The van der Waals surface area contributed by atoms with E-state index in [1.54, 1.807) is 4.90 Å². The highest BCUT2D eigenvalue weighted by atomic mass is 32.1. The first-order valence-corrected chi connectivity index (χ1v) is 5.95. The Bertz CT molecular complexity index is 422. The van der Waals surface area contributed by atoms with Gasteiger partial charge in [0, 0.05) is 12.2 Å². The van der Waals surface area contributed by atoms with Crippen molar-refractivity contribution in [1.29, 1.82) is 0 Å². The highest BCUT2D eigenvalue weighted by Gasteiger charge is 2.31. The van der Waals surface area contributed by atoms with Crippen molar-refractivity contribution in [2.75, 3.05) is 11.9 Å². The Morgan fingerprint density at radius 3 is 2.76 bits per heavy atom. The lowest BCUT2D eigenvalue weighted by Crippen LogP contribution is -2.42. The normalized spacial score (nSPS) is 19.1. The van der Waals surface area contributed by atoms with E-state index in [0.717, 1.165) is 12.1 Å². The zero-order valence-electron chi connectivity index (χ0n) is 9.30. The van der Waals surface area contributed by atoms with Crippen LogP contribution in [0.4, 0.5) is 5.69 Å². The Kier molecular flexibility index (Phi) is 3.58. The fourth-order valence-corrected chi connectivity index (χ4v) is 2.32. The molecular weight excluding hydrogens is 236 g/mol. The van der Waals surface area contributed by atoms with E-state index in [-0.39, 0.29) is 0 Å². The van der Waals surface area contributed by atoms with E-state index in [9.17, 15) is 4.79 Å². The van der Waals surface area contributed by atoms with Crippen molar-refractivity contribution in [3.05, 3.63) is 30.3 Å². The van der Waals surface area contributed by atoms with E-state index >= 15 is 0 Å². The number of hydrogen-bond acceptors (Lipinski definition) is 2. The van der Waals surface area contributed by atoms with Gasteiger partial charge < -0.3 is 15.3 Å². The minimum absolute atomic E-state index is 0.487. The summed E-state index contributed by atoms with van der Waals surface area (Å²) in [6, 6.07) is 9.05. The summed E-state index contributed by atoms with van der Waals surface area (Å²) in [7, 11) is 0. The molecule has 1 atom stereocenters. The summed E-state index contributed by atoms with van der Waals surface area (Å²) < 4.78 is 0. The lowest BCUT2D eigenvalue weighted by molar-refractivity contribution is -0.140. The van der Waals surface area contributed by atoms with E-state index in [4.69, 9.17) is 17.3 Å². The zero-order chi connectivity index (χ0) is 12.3. The molecule has 0 saturated carbocycles. The summed E-state index contributed by atoms with van der Waals surface area (Å²) in [4.78, 5) is 12.8. The Morgan fingerprint density at radius 2 is 2.12 bits per heavy atom. The predicted molar refractivity (Wildman–Crippen MR) is 70.0 cm³/mol. The molecule has 1 aliphatic heterocycles. The number of benzene rings is 1. The van der Waals surface area contributed by atoms with Gasteiger partial charge in [0.25, 0.3) is 0 Å². The third-order valence-electron chi connectivity index (χ3n) is 2.82. The molecule has 2 rings (SSSR count). The minimum Gasteiger partial charge on any atom is -0.480 e. The number of aliphatic carboxylic acids is 1. The number of para-hydroxylation sites is 1. The van der Waals surface area contributed by atoms with Gasteiger partial charge in [0.15, 0.2) is 5.11 Å². The molecule has 1 saturated heterocycles. The van der Waals surface area contributed by atoms with Gasteiger partial charge in [-0.1, -0.05) is 18.2 Å². The van der Waals surface area contributed by atoms with Gasteiger partial charge in [-0.05, 0) is 37.2 Å². The van der Waals surface area contributed by atoms with Crippen molar-refractivity contribution in [3.8, 4) is 0 Å². The van der Waals surface area contributed by atoms with E-state index in [1.807, 2.05) is 30.3 Å². The lowest BCUT2D eigenvalue weighted by Gasteiger charge is -2.24. The van der Waals surface area contributed by atoms with Gasteiger partial charge >= 0.3 is 5.97 Å². The maximum Gasteiger partial charge on any atom is 0.326 e. The quantitative estimate of drug-likeness (QED) is 0.786. The summed E-state index contributed by atoms with van der Waals surface area (Å²) in [6.07, 6.45) is 1.53. The highest BCUT2D eigenvalue weighted by molar-refractivity contribution is 7.80. The number of likely N-dealkylation sites (tertiary alicyclic amines) is 1. The lowest BCUT2D eigenvalue weighted by atomic mass is 10.2. The van der Waals surface area contributed by atoms with Crippen LogP contribution in [0, 0.1) is 0 Å². The summed E-state index contributed by atoms with van der Waals surface area (Å²) in [5.41, 5.74) is 0.883. The van der Waals surface area contributed by atoms with E-state index in [0.29, 0.717) is 18.1 Å². The molecule has 0 spiro atoms. The van der Waals surface area contributed by atoms with Crippen LogP contribution in [-0.4, -0.2) is 33.7 Å². The number of thiocarbonyl (C=S) groups is 1. The van der Waals surface area contributed by atoms with Gasteiger partial charge in [-0.3, -0.25) is 0 Å². The molecule has 1 unspecified atom stereocenters. The van der Waals surface area contributed by atoms with Gasteiger partial charge in [0.1, 0.15) is 6.04 Å². The Morgan fingerprint density at radius 1 is 1.41 bits per heavy atom. The molecule has 0 radical (unpaired) electrons. The summed E-state index contributed by atoms with van der Waals surface area (Å²) in [5.74, 6) is -0.806. The van der Waals surface area contributed by atoms with Crippen LogP contribution in [-0.2, 0) is 4.79 Å². The Labute approximate surface area is 105 Å². The third kappa shape index (κ3) is 2.74. The van der Waals surface area contributed by atoms with Crippen molar-refractivity contribution in [3.63, 3.8) is 0 Å². The Hall–Kier alpha value is -1.62. The third-order valence-corrected chi connectivity index (χ3v) is 3.16. The molecule has 2 N–H and O–H groups in total. The average Bonchev–Trinajstić information content (AvgIpc) is 2.79. The van der Waals surface area contributed by atoms with Crippen LogP contribution < -0.4 is 5.32 Å². The highest BCUT2D eigenvalue weighted by Crippen LogP contribution is 2.19. The number of carbonyl (C=O) groups is 1. The second-order valence-electron chi connectivity index (χ2n) is 3.99. The van der Waals surface area contributed by atoms with Crippen molar-refractivity contribution < 1.29 is 9.90 Å². The molecule has 17 heavy (non-hydrogen) atoms. The maximum atomic E-state index is 11.0. The van der Waals surface area contributed by atoms with Gasteiger partial charge in [0.05, 0.1) is 0 Å². The van der Waals surface area contributed by atoms with Gasteiger partial charge in [-0.15, -0.1) is 0 Å².